The molecule has 218 valence electrons. The fourth-order valence-corrected chi connectivity index (χ4v) is 4.22. The maximum Gasteiger partial charge on any atom is 0.287 e. The summed E-state index contributed by atoms with van der Waals surface area (Å²) >= 11 is 0. The van der Waals surface area contributed by atoms with E-state index >= 15 is 0 Å². The van der Waals surface area contributed by atoms with Gasteiger partial charge in [-0.05, 0) is 59.9 Å². The molecule has 0 spiro atoms. The molecule has 2 amide bonds. The number of carbonyl (C=O) groups excluding carboxylic acids is 2. The molecule has 1 atom stereocenters. The third-order valence-corrected chi connectivity index (χ3v) is 6.78. The summed E-state index contributed by atoms with van der Waals surface area (Å²) in [5.74, 6) is -1.28. The minimum atomic E-state index is -1.36. The Labute approximate surface area is 242 Å². The van der Waals surface area contributed by atoms with Crippen molar-refractivity contribution >= 4 is 29.0 Å². The highest BCUT2D eigenvalue weighted by Gasteiger charge is 2.20. The van der Waals surface area contributed by atoms with Crippen LogP contribution in [0.3, 0.4) is 0 Å². The number of pyridine rings is 1. The third-order valence-electron chi connectivity index (χ3n) is 6.78. The topological polar surface area (TPSA) is 140 Å². The van der Waals surface area contributed by atoms with Crippen LogP contribution in [0.4, 0.5) is 21.6 Å². The second kappa shape index (κ2) is 11.9. The monoisotopic (exact) mass is 572 g/mol. The summed E-state index contributed by atoms with van der Waals surface area (Å²) in [7, 11) is 3.07. The molecule has 4 rings (SSSR count). The summed E-state index contributed by atoms with van der Waals surface area (Å²) in [5, 5.41) is 22.3. The Hall–Kier alpha value is -4.90. The van der Waals surface area contributed by atoms with Gasteiger partial charge >= 0.3 is 0 Å². The smallest absolute Gasteiger partial charge is 0.287 e. The number of nitrogens with one attached hydrogen (secondary N) is 3. The lowest BCUT2D eigenvalue weighted by molar-refractivity contribution is -0.137. The van der Waals surface area contributed by atoms with Gasteiger partial charge in [0.25, 0.3) is 17.4 Å². The quantitative estimate of drug-likeness (QED) is 0.252. The zero-order valence-corrected chi connectivity index (χ0v) is 24.2. The number of benzene rings is 2. The predicted molar refractivity (Wildman–Crippen MR) is 159 cm³/mol. The van der Waals surface area contributed by atoms with Gasteiger partial charge in [-0.25, -0.2) is 14.5 Å². The summed E-state index contributed by atoms with van der Waals surface area (Å²) in [6.45, 7) is 7.88. The van der Waals surface area contributed by atoms with E-state index < -0.39 is 29.3 Å². The molecule has 4 N–H and O–H groups in total. The first-order chi connectivity index (χ1) is 19.8. The number of carbonyl (C=O) groups is 2. The lowest BCUT2D eigenvalue weighted by Crippen LogP contribution is -2.28. The van der Waals surface area contributed by atoms with E-state index in [1.807, 2.05) is 12.1 Å². The molecule has 0 saturated heterocycles. The van der Waals surface area contributed by atoms with E-state index in [9.17, 15) is 23.9 Å². The summed E-state index contributed by atoms with van der Waals surface area (Å²) in [6.07, 6.45) is -0.0306. The Morgan fingerprint density at radius 1 is 1.05 bits per heavy atom. The molecule has 0 aliphatic heterocycles. The number of H-pyrrole nitrogens is 1. The largest absolute Gasteiger partial charge is 0.378 e. The maximum absolute atomic E-state index is 14.9. The van der Waals surface area contributed by atoms with Crippen LogP contribution in [0.1, 0.15) is 53.9 Å². The summed E-state index contributed by atoms with van der Waals surface area (Å²) < 4.78 is 14.9. The van der Waals surface area contributed by atoms with Gasteiger partial charge in [-0.1, -0.05) is 39.0 Å². The van der Waals surface area contributed by atoms with Crippen molar-refractivity contribution in [1.82, 2.24) is 20.1 Å². The Kier molecular flexibility index (Phi) is 8.53. The van der Waals surface area contributed by atoms with E-state index in [4.69, 9.17) is 0 Å². The molecule has 0 aliphatic carbocycles. The van der Waals surface area contributed by atoms with Crippen molar-refractivity contribution in [2.75, 3.05) is 24.7 Å². The SMILES string of the molecule is Cc1c(-c2cc(Nc3ccc([C@@H](O)C(=O)N(C)C)cn3)c(=O)[nH]n2)ccc(F)c1NC(=O)c1ccc(C(C)(C)C)cc1. The van der Waals surface area contributed by atoms with Crippen LogP contribution in [0.15, 0.2) is 65.6 Å². The second-order valence-electron chi connectivity index (χ2n) is 11.1. The van der Waals surface area contributed by atoms with Crippen molar-refractivity contribution in [3.63, 3.8) is 0 Å². The van der Waals surface area contributed by atoms with Gasteiger partial charge in [-0.3, -0.25) is 14.4 Å². The Balaban J connectivity index is 1.58. The fourth-order valence-electron chi connectivity index (χ4n) is 4.22. The van der Waals surface area contributed by atoms with Gasteiger partial charge in [-0.2, -0.15) is 5.10 Å². The van der Waals surface area contributed by atoms with E-state index in [-0.39, 0.29) is 22.6 Å². The molecule has 10 nitrogen and oxygen atoms in total. The number of likely N-dealkylation sites (N-methyl/N-ethyl adjacent to an activating group) is 1. The van der Waals surface area contributed by atoms with Crippen LogP contribution in [0.2, 0.25) is 0 Å². The molecule has 4 aromatic rings. The first kappa shape index (κ1) is 30.1. The number of aliphatic hydroxyl groups is 1. The molecule has 0 radical (unpaired) electrons. The van der Waals surface area contributed by atoms with Gasteiger partial charge in [-0.15, -0.1) is 0 Å². The zero-order valence-electron chi connectivity index (χ0n) is 24.2. The molecule has 11 heteroatoms. The Morgan fingerprint density at radius 3 is 2.33 bits per heavy atom. The molecule has 42 heavy (non-hydrogen) atoms. The average Bonchev–Trinajstić information content (AvgIpc) is 2.95. The second-order valence-corrected chi connectivity index (χ2v) is 11.1. The minimum Gasteiger partial charge on any atom is -0.378 e. The van der Waals surface area contributed by atoms with Gasteiger partial charge < -0.3 is 20.6 Å². The fraction of sp³-hybridized carbons (Fsp3) is 0.258. The highest BCUT2D eigenvalue weighted by atomic mass is 19.1. The van der Waals surface area contributed by atoms with Crippen LogP contribution in [0.5, 0.6) is 0 Å². The van der Waals surface area contributed by atoms with Crippen molar-refractivity contribution < 1.29 is 19.1 Å². The number of hydrogen-bond acceptors (Lipinski definition) is 7. The first-order valence-electron chi connectivity index (χ1n) is 13.2. The Bertz CT molecular complexity index is 1680. The molecule has 2 heterocycles. The highest BCUT2D eigenvalue weighted by molar-refractivity contribution is 6.05. The van der Waals surface area contributed by atoms with E-state index in [1.165, 1.54) is 55.5 Å². The molecule has 0 fully saturated rings. The van der Waals surface area contributed by atoms with Gasteiger partial charge in [0, 0.05) is 37.0 Å². The van der Waals surface area contributed by atoms with Crippen molar-refractivity contribution in [2.45, 2.75) is 39.2 Å². The van der Waals surface area contributed by atoms with Crippen molar-refractivity contribution in [3.05, 3.63) is 99.2 Å². The third kappa shape index (κ3) is 6.52. The number of aliphatic hydroxyl groups excluding tert-OH is 1. The van der Waals surface area contributed by atoms with Crippen molar-refractivity contribution in [3.8, 4) is 11.3 Å². The van der Waals surface area contributed by atoms with Gasteiger partial charge in [0.1, 0.15) is 17.3 Å². The molecular weight excluding hydrogens is 539 g/mol. The molecule has 0 aliphatic rings. The van der Waals surface area contributed by atoms with Crippen LogP contribution in [0.25, 0.3) is 11.3 Å². The lowest BCUT2D eigenvalue weighted by Gasteiger charge is -2.19. The number of amides is 2. The van der Waals surface area contributed by atoms with Gasteiger partial charge in [0.2, 0.25) is 0 Å². The van der Waals surface area contributed by atoms with E-state index in [0.29, 0.717) is 27.9 Å². The minimum absolute atomic E-state index is 0.00277. The summed E-state index contributed by atoms with van der Waals surface area (Å²) in [6, 6.07) is 14.4. The lowest BCUT2D eigenvalue weighted by atomic mass is 9.86. The molecule has 2 aromatic carbocycles. The van der Waals surface area contributed by atoms with Crippen LogP contribution in [-0.4, -0.2) is 51.1 Å². The van der Waals surface area contributed by atoms with Crippen molar-refractivity contribution in [2.24, 2.45) is 0 Å². The number of halogens is 1. The van der Waals surface area contributed by atoms with Crippen LogP contribution < -0.4 is 16.2 Å². The number of aromatic nitrogens is 3. The number of rotatable bonds is 7. The number of hydrogen-bond donors (Lipinski definition) is 4. The van der Waals surface area contributed by atoms with E-state index in [1.54, 1.807) is 19.1 Å². The number of anilines is 3. The van der Waals surface area contributed by atoms with Crippen molar-refractivity contribution in [1.29, 1.82) is 0 Å². The highest BCUT2D eigenvalue weighted by Crippen LogP contribution is 2.31. The summed E-state index contributed by atoms with van der Waals surface area (Å²) in [4.78, 5) is 43.0. The van der Waals surface area contributed by atoms with Gasteiger partial charge in [0.15, 0.2) is 6.10 Å². The van der Waals surface area contributed by atoms with Crippen LogP contribution in [0, 0.1) is 12.7 Å². The van der Waals surface area contributed by atoms with Crippen LogP contribution in [-0.2, 0) is 10.2 Å². The van der Waals surface area contributed by atoms with Gasteiger partial charge in [0.05, 0.1) is 11.4 Å². The molecule has 2 aromatic heterocycles. The molecule has 0 bridgehead atoms. The first-order valence-corrected chi connectivity index (χ1v) is 13.2. The van der Waals surface area contributed by atoms with Crippen LogP contribution >= 0.6 is 0 Å². The number of nitrogens with zero attached hydrogens (tertiary/aromatic N) is 3. The maximum atomic E-state index is 14.9. The molecule has 0 unspecified atom stereocenters. The molecule has 0 saturated carbocycles. The number of aromatic amines is 1. The van der Waals surface area contributed by atoms with E-state index in [2.05, 4.69) is 46.6 Å². The zero-order chi connectivity index (χ0) is 30.8. The standard InChI is InChI=1S/C31H33FN6O4/c1-17-21(12-13-22(32)26(17)35-28(40)18-7-10-20(11-8-18)31(2,3)4)23-15-24(29(41)37-36-23)34-25-14-9-19(16-33-25)27(39)30(42)38(5)6/h7-16,27,39H,1-6H3,(H,35,40)(H,37,41)(H,33,34,36)/t27-/m1/s1. The van der Waals surface area contributed by atoms with E-state index in [0.717, 1.165) is 5.56 Å². The summed E-state index contributed by atoms with van der Waals surface area (Å²) in [5.41, 5.74) is 2.50. The normalized spacial score (nSPS) is 12.0. The molecular formula is C31H33FN6O4. The predicted octanol–water partition coefficient (Wildman–Crippen LogP) is 4.69. The average molecular weight is 573 g/mol. The Morgan fingerprint density at radius 2 is 1.74 bits per heavy atom.